The molecule has 0 aromatic rings. The number of nitrogens with zero attached hydrogens (tertiary/aromatic N) is 1. The highest BCUT2D eigenvalue weighted by Gasteiger charge is 2.48. The predicted octanol–water partition coefficient (Wildman–Crippen LogP) is 2.01. The number of carboxylic acid groups (broad SMARTS) is 1. The van der Waals surface area contributed by atoms with Crippen LogP contribution in [0.2, 0.25) is 0 Å². The molecular weight excluding hydrogens is 268 g/mol. The topological polar surface area (TPSA) is 69.6 Å². The van der Waals surface area contributed by atoms with E-state index in [0.717, 1.165) is 58.0 Å². The van der Waals surface area contributed by atoms with Crippen LogP contribution < -0.4 is 5.32 Å². The molecule has 0 spiro atoms. The zero-order chi connectivity index (χ0) is 15.5. The van der Waals surface area contributed by atoms with E-state index < -0.39 is 11.5 Å². The van der Waals surface area contributed by atoms with E-state index in [2.05, 4.69) is 12.2 Å². The van der Waals surface area contributed by atoms with Crippen molar-refractivity contribution < 1.29 is 14.7 Å². The number of amides is 1. The smallest absolute Gasteiger partial charge is 0.305 e. The van der Waals surface area contributed by atoms with Gasteiger partial charge in [0.05, 0.1) is 17.4 Å². The highest BCUT2D eigenvalue weighted by atomic mass is 16.4. The van der Waals surface area contributed by atoms with E-state index in [-0.39, 0.29) is 17.7 Å². The minimum absolute atomic E-state index is 0.0719. The molecule has 1 heterocycles. The molecule has 1 saturated heterocycles. The fourth-order valence-corrected chi connectivity index (χ4v) is 4.07. The highest BCUT2D eigenvalue weighted by Crippen LogP contribution is 2.40. The third kappa shape index (κ3) is 3.07. The van der Waals surface area contributed by atoms with Crippen LogP contribution in [0.15, 0.2) is 0 Å². The van der Waals surface area contributed by atoms with E-state index in [9.17, 15) is 14.7 Å². The number of hydrogen-bond donors (Lipinski definition) is 2. The van der Waals surface area contributed by atoms with Crippen LogP contribution in [0, 0.1) is 5.41 Å². The molecule has 2 fully saturated rings. The number of aliphatic carboxylic acids is 1. The van der Waals surface area contributed by atoms with Crippen molar-refractivity contribution in [2.75, 3.05) is 20.1 Å². The Morgan fingerprint density at radius 3 is 2.33 bits per heavy atom. The summed E-state index contributed by atoms with van der Waals surface area (Å²) < 4.78 is 0. The van der Waals surface area contributed by atoms with Gasteiger partial charge in [0.25, 0.3) is 0 Å². The second-order valence-corrected chi connectivity index (χ2v) is 6.78. The van der Waals surface area contributed by atoms with Gasteiger partial charge in [-0.25, -0.2) is 0 Å². The minimum Gasteiger partial charge on any atom is -0.481 e. The van der Waals surface area contributed by atoms with Crippen molar-refractivity contribution in [3.63, 3.8) is 0 Å². The Labute approximate surface area is 127 Å². The molecule has 120 valence electrons. The average molecular weight is 296 g/mol. The van der Waals surface area contributed by atoms with Crippen LogP contribution in [0.5, 0.6) is 0 Å². The number of nitrogens with one attached hydrogen (secondary N) is 1. The van der Waals surface area contributed by atoms with Crippen LogP contribution in [0.25, 0.3) is 0 Å². The summed E-state index contributed by atoms with van der Waals surface area (Å²) in [7, 11) is 1.83. The van der Waals surface area contributed by atoms with Crippen LogP contribution in [0.1, 0.15) is 58.3 Å². The SMILES string of the molecule is CCC1(C(=O)N(C)C2(CC(=O)O)CCCCC2)CCNC1. The molecule has 1 amide bonds. The van der Waals surface area contributed by atoms with Crippen LogP contribution in [0.4, 0.5) is 0 Å². The fourth-order valence-electron chi connectivity index (χ4n) is 4.07. The predicted molar refractivity (Wildman–Crippen MR) is 81.0 cm³/mol. The summed E-state index contributed by atoms with van der Waals surface area (Å²) in [6.07, 6.45) is 6.54. The highest BCUT2D eigenvalue weighted by molar-refractivity contribution is 5.84. The summed E-state index contributed by atoms with van der Waals surface area (Å²) in [5.74, 6) is -0.662. The normalized spacial score (nSPS) is 28.3. The molecule has 0 aromatic carbocycles. The lowest BCUT2D eigenvalue weighted by Gasteiger charge is -2.46. The summed E-state index contributed by atoms with van der Waals surface area (Å²) in [6.45, 7) is 3.65. The molecule has 1 unspecified atom stereocenters. The van der Waals surface area contributed by atoms with Gasteiger partial charge in [-0.2, -0.15) is 0 Å². The van der Waals surface area contributed by atoms with Gasteiger partial charge in [-0.15, -0.1) is 0 Å². The Hall–Kier alpha value is -1.10. The maximum atomic E-state index is 13.1. The first-order valence-corrected chi connectivity index (χ1v) is 8.17. The van der Waals surface area contributed by atoms with Gasteiger partial charge in [0, 0.05) is 13.6 Å². The molecule has 1 atom stereocenters. The number of rotatable bonds is 5. The summed E-state index contributed by atoms with van der Waals surface area (Å²) in [6, 6.07) is 0. The third-order valence-corrected chi connectivity index (χ3v) is 5.65. The quantitative estimate of drug-likeness (QED) is 0.814. The third-order valence-electron chi connectivity index (χ3n) is 5.65. The number of carbonyl (C=O) groups is 2. The van der Waals surface area contributed by atoms with Crippen molar-refractivity contribution in [2.45, 2.75) is 63.8 Å². The van der Waals surface area contributed by atoms with Crippen molar-refractivity contribution in [2.24, 2.45) is 5.41 Å². The van der Waals surface area contributed by atoms with Crippen molar-refractivity contribution >= 4 is 11.9 Å². The first-order valence-electron chi connectivity index (χ1n) is 8.17. The number of carbonyl (C=O) groups excluding carboxylic acids is 1. The fraction of sp³-hybridized carbons (Fsp3) is 0.875. The number of carboxylic acids is 1. The molecule has 0 aromatic heterocycles. The molecule has 21 heavy (non-hydrogen) atoms. The minimum atomic E-state index is -0.799. The first-order chi connectivity index (χ1) is 9.96. The maximum Gasteiger partial charge on any atom is 0.305 e. The van der Waals surface area contributed by atoms with Gasteiger partial charge in [0.15, 0.2) is 0 Å². The van der Waals surface area contributed by atoms with E-state index >= 15 is 0 Å². The summed E-state index contributed by atoms with van der Waals surface area (Å²) in [5, 5.41) is 12.6. The average Bonchev–Trinajstić information content (AvgIpc) is 2.96. The van der Waals surface area contributed by atoms with Gasteiger partial charge in [0.2, 0.25) is 5.91 Å². The van der Waals surface area contributed by atoms with Gasteiger partial charge in [0.1, 0.15) is 0 Å². The molecule has 2 rings (SSSR count). The second-order valence-electron chi connectivity index (χ2n) is 6.78. The van der Waals surface area contributed by atoms with Crippen molar-refractivity contribution in [3.05, 3.63) is 0 Å². The van der Waals surface area contributed by atoms with Crippen LogP contribution in [-0.4, -0.2) is 47.6 Å². The van der Waals surface area contributed by atoms with Crippen molar-refractivity contribution in [1.29, 1.82) is 0 Å². The molecule has 5 nitrogen and oxygen atoms in total. The summed E-state index contributed by atoms with van der Waals surface area (Å²) in [5.41, 5.74) is -0.816. The van der Waals surface area contributed by atoms with E-state index in [1.54, 1.807) is 4.90 Å². The van der Waals surface area contributed by atoms with Crippen LogP contribution in [-0.2, 0) is 9.59 Å². The van der Waals surface area contributed by atoms with Gasteiger partial charge in [-0.1, -0.05) is 26.2 Å². The Morgan fingerprint density at radius 1 is 1.19 bits per heavy atom. The summed E-state index contributed by atoms with van der Waals surface area (Å²) >= 11 is 0. The largest absolute Gasteiger partial charge is 0.481 e. The molecule has 1 aliphatic heterocycles. The van der Waals surface area contributed by atoms with E-state index in [0.29, 0.717) is 0 Å². The molecule has 5 heteroatoms. The Bertz CT molecular complexity index is 396. The second kappa shape index (κ2) is 6.34. The number of hydrogen-bond acceptors (Lipinski definition) is 3. The molecule has 0 bridgehead atoms. The Kier molecular flexibility index (Phi) is 4.91. The zero-order valence-corrected chi connectivity index (χ0v) is 13.3. The zero-order valence-electron chi connectivity index (χ0n) is 13.3. The maximum absolute atomic E-state index is 13.1. The Morgan fingerprint density at radius 2 is 1.86 bits per heavy atom. The van der Waals surface area contributed by atoms with Crippen molar-refractivity contribution in [3.8, 4) is 0 Å². The van der Waals surface area contributed by atoms with E-state index in [1.807, 2.05) is 7.05 Å². The van der Waals surface area contributed by atoms with Crippen LogP contribution in [0.3, 0.4) is 0 Å². The Balaban J connectivity index is 2.22. The molecular formula is C16H28N2O3. The lowest BCUT2D eigenvalue weighted by Crippen LogP contribution is -2.56. The summed E-state index contributed by atoms with van der Waals surface area (Å²) in [4.78, 5) is 26.2. The molecule has 2 N–H and O–H groups in total. The monoisotopic (exact) mass is 296 g/mol. The molecule has 2 aliphatic rings. The lowest BCUT2D eigenvalue weighted by molar-refractivity contribution is -0.152. The van der Waals surface area contributed by atoms with Gasteiger partial charge in [-0.05, 0) is 32.2 Å². The lowest BCUT2D eigenvalue weighted by atomic mass is 9.75. The molecule has 1 saturated carbocycles. The standard InChI is InChI=1S/C16H28N2O3/c1-3-15(9-10-17-12-15)14(21)18(2)16(11-13(19)20)7-5-4-6-8-16/h17H,3-12H2,1-2H3,(H,19,20). The van der Waals surface area contributed by atoms with Gasteiger partial charge < -0.3 is 15.3 Å². The van der Waals surface area contributed by atoms with Crippen molar-refractivity contribution in [1.82, 2.24) is 10.2 Å². The molecule has 1 aliphatic carbocycles. The molecule has 0 radical (unpaired) electrons. The van der Waals surface area contributed by atoms with E-state index in [4.69, 9.17) is 0 Å². The van der Waals surface area contributed by atoms with Crippen LogP contribution >= 0.6 is 0 Å². The van der Waals surface area contributed by atoms with E-state index in [1.165, 1.54) is 0 Å². The van der Waals surface area contributed by atoms with Gasteiger partial charge in [-0.3, -0.25) is 9.59 Å². The first kappa shape index (κ1) is 16.3. The van der Waals surface area contributed by atoms with Gasteiger partial charge >= 0.3 is 5.97 Å².